The van der Waals surface area contributed by atoms with Crippen LogP contribution in [-0.2, 0) is 6.54 Å². The van der Waals surface area contributed by atoms with Crippen LogP contribution in [-0.4, -0.2) is 23.4 Å². The molecule has 0 radical (unpaired) electrons. The van der Waals surface area contributed by atoms with E-state index in [1.165, 1.54) is 0 Å². The van der Waals surface area contributed by atoms with Crippen LogP contribution in [0.2, 0.25) is 0 Å². The van der Waals surface area contributed by atoms with Crippen molar-refractivity contribution in [2.45, 2.75) is 32.7 Å². The maximum Gasteiger partial charge on any atom is 0.240 e. The SMILES string of the molecule is CC(C)c1c2c(cc(Br)c1-c1noc(CN)n1)OCCCO2. The van der Waals surface area contributed by atoms with Gasteiger partial charge >= 0.3 is 0 Å². The fourth-order valence-corrected chi connectivity index (χ4v) is 3.12. The number of rotatable bonds is 3. The molecule has 0 atom stereocenters. The predicted octanol–water partition coefficient (Wildman–Crippen LogP) is 3.24. The molecule has 2 aromatic rings. The van der Waals surface area contributed by atoms with Gasteiger partial charge in [0.15, 0.2) is 11.5 Å². The smallest absolute Gasteiger partial charge is 0.240 e. The number of hydrogen-bond donors (Lipinski definition) is 1. The van der Waals surface area contributed by atoms with Crippen molar-refractivity contribution in [3.05, 3.63) is 22.0 Å². The molecule has 2 N–H and O–H groups in total. The van der Waals surface area contributed by atoms with Crippen molar-refractivity contribution in [3.63, 3.8) is 0 Å². The highest BCUT2D eigenvalue weighted by Crippen LogP contribution is 2.46. The molecule has 0 spiro atoms. The molecule has 3 rings (SSSR count). The maximum absolute atomic E-state index is 5.93. The summed E-state index contributed by atoms with van der Waals surface area (Å²) in [7, 11) is 0. The first-order valence-electron chi connectivity index (χ1n) is 7.26. The third-order valence-corrected chi connectivity index (χ3v) is 4.10. The second-order valence-electron chi connectivity index (χ2n) is 5.40. The Morgan fingerprint density at radius 1 is 1.32 bits per heavy atom. The van der Waals surface area contributed by atoms with Gasteiger partial charge in [-0.05, 0) is 27.9 Å². The Morgan fingerprint density at radius 3 is 2.77 bits per heavy atom. The van der Waals surface area contributed by atoms with Crippen molar-refractivity contribution in [1.82, 2.24) is 10.1 Å². The fourth-order valence-electron chi connectivity index (χ4n) is 2.52. The first-order valence-corrected chi connectivity index (χ1v) is 8.06. The summed E-state index contributed by atoms with van der Waals surface area (Å²) in [4.78, 5) is 4.35. The summed E-state index contributed by atoms with van der Waals surface area (Å²) in [5.74, 6) is 2.64. The lowest BCUT2D eigenvalue weighted by Gasteiger charge is -2.19. The lowest BCUT2D eigenvalue weighted by molar-refractivity contribution is 0.296. The minimum Gasteiger partial charge on any atom is -0.490 e. The number of hydrogen-bond acceptors (Lipinski definition) is 6. The molecule has 0 bridgehead atoms. The van der Waals surface area contributed by atoms with Crippen molar-refractivity contribution in [2.24, 2.45) is 5.73 Å². The van der Waals surface area contributed by atoms with Crippen LogP contribution >= 0.6 is 15.9 Å². The van der Waals surface area contributed by atoms with Crippen LogP contribution in [0.15, 0.2) is 15.1 Å². The molecular weight excluding hydrogens is 350 g/mol. The number of nitrogens with two attached hydrogens (primary N) is 1. The largest absolute Gasteiger partial charge is 0.490 e. The Hall–Kier alpha value is -1.60. The Labute approximate surface area is 137 Å². The van der Waals surface area contributed by atoms with E-state index in [9.17, 15) is 0 Å². The zero-order valence-corrected chi connectivity index (χ0v) is 14.1. The van der Waals surface area contributed by atoms with Crippen molar-refractivity contribution < 1.29 is 14.0 Å². The van der Waals surface area contributed by atoms with Gasteiger partial charge in [0.05, 0.1) is 19.8 Å². The molecule has 0 amide bonds. The summed E-state index contributed by atoms with van der Waals surface area (Å²) in [6.45, 7) is 5.70. The van der Waals surface area contributed by atoms with Crippen molar-refractivity contribution in [2.75, 3.05) is 13.2 Å². The Balaban J connectivity index is 2.22. The van der Waals surface area contributed by atoms with Gasteiger partial charge in [-0.1, -0.05) is 19.0 Å². The molecule has 7 heteroatoms. The number of nitrogens with zero attached hydrogens (tertiary/aromatic N) is 2. The Bertz CT molecular complexity index is 685. The van der Waals surface area contributed by atoms with Gasteiger partial charge in [0.2, 0.25) is 11.7 Å². The van der Waals surface area contributed by atoms with Gasteiger partial charge in [0.1, 0.15) is 0 Å². The number of fused-ring (bicyclic) bond motifs is 1. The first-order chi connectivity index (χ1) is 10.6. The number of ether oxygens (including phenoxy) is 2. The minimum absolute atomic E-state index is 0.211. The molecule has 0 saturated heterocycles. The van der Waals surface area contributed by atoms with Gasteiger partial charge in [-0.2, -0.15) is 4.98 Å². The topological polar surface area (TPSA) is 83.4 Å². The summed E-state index contributed by atoms with van der Waals surface area (Å²) >= 11 is 3.60. The van der Waals surface area contributed by atoms with E-state index in [4.69, 9.17) is 19.7 Å². The molecule has 0 saturated carbocycles. The third-order valence-electron chi connectivity index (χ3n) is 3.47. The highest BCUT2D eigenvalue weighted by molar-refractivity contribution is 9.10. The first kappa shape index (κ1) is 15.3. The molecule has 0 unspecified atom stereocenters. The van der Waals surface area contributed by atoms with Crippen molar-refractivity contribution in [1.29, 1.82) is 0 Å². The quantitative estimate of drug-likeness (QED) is 0.896. The summed E-state index contributed by atoms with van der Waals surface area (Å²) < 4.78 is 17.7. The molecule has 0 aliphatic carbocycles. The average molecular weight is 368 g/mol. The molecule has 6 nitrogen and oxygen atoms in total. The molecule has 1 aliphatic rings. The molecule has 2 heterocycles. The zero-order valence-electron chi connectivity index (χ0n) is 12.6. The monoisotopic (exact) mass is 367 g/mol. The third kappa shape index (κ3) is 2.70. The van der Waals surface area contributed by atoms with Gasteiger partial charge in [0, 0.05) is 22.0 Å². The lowest BCUT2D eigenvalue weighted by atomic mass is 9.95. The van der Waals surface area contributed by atoms with Crippen LogP contribution in [0, 0.1) is 0 Å². The number of halogens is 1. The Kier molecular flexibility index (Phi) is 4.35. The van der Waals surface area contributed by atoms with Gasteiger partial charge in [-0.3, -0.25) is 0 Å². The van der Waals surface area contributed by atoms with Crippen LogP contribution < -0.4 is 15.2 Å². The standard InChI is InChI=1S/C15H18BrN3O3/c1-8(2)12-13(15-18-11(7-17)22-19-15)9(16)6-10-14(12)21-5-3-4-20-10/h6,8H,3-5,7,17H2,1-2H3. The summed E-state index contributed by atoms with van der Waals surface area (Å²) in [6, 6.07) is 1.90. The van der Waals surface area contributed by atoms with E-state index in [-0.39, 0.29) is 12.5 Å². The predicted molar refractivity (Wildman–Crippen MR) is 85.0 cm³/mol. The van der Waals surface area contributed by atoms with Crippen LogP contribution in [0.5, 0.6) is 11.5 Å². The molecule has 0 fully saturated rings. The van der Waals surface area contributed by atoms with Gasteiger partial charge < -0.3 is 19.7 Å². The van der Waals surface area contributed by atoms with Crippen LogP contribution in [0.1, 0.15) is 37.6 Å². The van der Waals surface area contributed by atoms with E-state index >= 15 is 0 Å². The maximum atomic E-state index is 5.93. The average Bonchev–Trinajstić information content (AvgIpc) is 2.84. The van der Waals surface area contributed by atoms with Crippen molar-refractivity contribution in [3.8, 4) is 22.9 Å². The number of benzene rings is 1. The van der Waals surface area contributed by atoms with E-state index < -0.39 is 0 Å². The molecule has 1 aromatic carbocycles. The zero-order chi connectivity index (χ0) is 15.7. The van der Waals surface area contributed by atoms with Gasteiger partial charge in [-0.25, -0.2) is 0 Å². The van der Waals surface area contributed by atoms with E-state index in [2.05, 4.69) is 39.9 Å². The lowest BCUT2D eigenvalue weighted by Crippen LogP contribution is -2.03. The molecule has 118 valence electrons. The van der Waals surface area contributed by atoms with E-state index in [1.54, 1.807) is 0 Å². The van der Waals surface area contributed by atoms with Gasteiger partial charge in [-0.15, -0.1) is 0 Å². The van der Waals surface area contributed by atoms with Crippen LogP contribution in [0.25, 0.3) is 11.4 Å². The fraction of sp³-hybridized carbons (Fsp3) is 0.467. The summed E-state index contributed by atoms with van der Waals surface area (Å²) in [5, 5.41) is 4.04. The second-order valence-corrected chi connectivity index (χ2v) is 6.25. The van der Waals surface area contributed by atoms with Gasteiger partial charge in [0.25, 0.3) is 0 Å². The molecule has 22 heavy (non-hydrogen) atoms. The Morgan fingerprint density at radius 2 is 2.09 bits per heavy atom. The van der Waals surface area contributed by atoms with E-state index in [0.717, 1.165) is 33.5 Å². The minimum atomic E-state index is 0.211. The molecular formula is C15H18BrN3O3. The highest BCUT2D eigenvalue weighted by atomic mass is 79.9. The number of aromatic nitrogens is 2. The van der Waals surface area contributed by atoms with Crippen molar-refractivity contribution >= 4 is 15.9 Å². The second kappa shape index (κ2) is 6.26. The highest BCUT2D eigenvalue weighted by Gasteiger charge is 2.26. The van der Waals surface area contributed by atoms with Crippen LogP contribution in [0.4, 0.5) is 0 Å². The molecule has 1 aromatic heterocycles. The molecule has 1 aliphatic heterocycles. The van der Waals surface area contributed by atoms with Crippen LogP contribution in [0.3, 0.4) is 0 Å². The summed E-state index contributed by atoms with van der Waals surface area (Å²) in [6.07, 6.45) is 0.860. The normalized spacial score (nSPS) is 14.2. The van der Waals surface area contributed by atoms with E-state index in [0.29, 0.717) is 24.9 Å². The summed E-state index contributed by atoms with van der Waals surface area (Å²) in [5.41, 5.74) is 7.43. The van der Waals surface area contributed by atoms with E-state index in [1.807, 2.05) is 6.07 Å².